The van der Waals surface area contributed by atoms with Gasteiger partial charge in [0.05, 0.1) is 13.0 Å². The number of benzene rings is 1. The van der Waals surface area contributed by atoms with E-state index in [1.807, 2.05) is 13.8 Å². The Morgan fingerprint density at radius 2 is 1.85 bits per heavy atom. The third kappa shape index (κ3) is 5.63. The van der Waals surface area contributed by atoms with Crippen LogP contribution in [0.3, 0.4) is 0 Å². The van der Waals surface area contributed by atoms with Gasteiger partial charge in [-0.2, -0.15) is 0 Å². The number of hydrogen-bond donors (Lipinski definition) is 1. The first kappa shape index (κ1) is 16.5. The van der Waals surface area contributed by atoms with E-state index in [1.54, 1.807) is 0 Å². The van der Waals surface area contributed by atoms with Crippen molar-refractivity contribution in [3.63, 3.8) is 0 Å². The third-order valence-corrected chi connectivity index (χ3v) is 2.52. The molecule has 0 aliphatic heterocycles. The molecule has 0 bridgehead atoms. The standard InChI is InChI=1S/C14H19F2NO3/c1-3-19-14(20-4-2)9-17-13(18)8-10-5-6-11(15)12(16)7-10/h5-7,14H,3-4,8-9H2,1-2H3,(H,17,18). The van der Waals surface area contributed by atoms with E-state index >= 15 is 0 Å². The highest BCUT2D eigenvalue weighted by atomic mass is 19.2. The largest absolute Gasteiger partial charge is 0.351 e. The Bertz CT molecular complexity index is 434. The summed E-state index contributed by atoms with van der Waals surface area (Å²) in [7, 11) is 0. The minimum absolute atomic E-state index is 0.0256. The summed E-state index contributed by atoms with van der Waals surface area (Å²) in [4.78, 5) is 11.7. The Morgan fingerprint density at radius 3 is 2.40 bits per heavy atom. The van der Waals surface area contributed by atoms with E-state index in [4.69, 9.17) is 9.47 Å². The second-order valence-electron chi connectivity index (χ2n) is 4.07. The average Bonchev–Trinajstić information content (AvgIpc) is 2.41. The maximum Gasteiger partial charge on any atom is 0.224 e. The molecule has 0 atom stereocenters. The first-order chi connectivity index (χ1) is 9.56. The predicted octanol–water partition coefficient (Wildman–Crippen LogP) is 2.02. The summed E-state index contributed by atoms with van der Waals surface area (Å²) in [5, 5.41) is 2.63. The van der Waals surface area contributed by atoms with Gasteiger partial charge in [0.1, 0.15) is 0 Å². The number of carbonyl (C=O) groups is 1. The fraction of sp³-hybridized carbons (Fsp3) is 0.500. The van der Waals surface area contributed by atoms with Gasteiger partial charge < -0.3 is 14.8 Å². The molecule has 0 saturated carbocycles. The van der Waals surface area contributed by atoms with E-state index in [0.29, 0.717) is 18.8 Å². The Hall–Kier alpha value is -1.53. The van der Waals surface area contributed by atoms with Crippen LogP contribution in [0, 0.1) is 11.6 Å². The summed E-state index contributed by atoms with van der Waals surface area (Å²) in [6, 6.07) is 3.39. The van der Waals surface area contributed by atoms with Crippen LogP contribution in [0.4, 0.5) is 8.78 Å². The number of carbonyl (C=O) groups excluding carboxylic acids is 1. The lowest BCUT2D eigenvalue weighted by Gasteiger charge is -2.17. The van der Waals surface area contributed by atoms with Crippen LogP contribution in [0.25, 0.3) is 0 Å². The average molecular weight is 287 g/mol. The zero-order chi connectivity index (χ0) is 15.0. The zero-order valence-electron chi connectivity index (χ0n) is 11.6. The molecule has 0 unspecified atom stereocenters. The van der Waals surface area contributed by atoms with Crippen LogP contribution < -0.4 is 5.32 Å². The van der Waals surface area contributed by atoms with Crippen LogP contribution in [0.1, 0.15) is 19.4 Å². The van der Waals surface area contributed by atoms with Crippen molar-refractivity contribution >= 4 is 5.91 Å². The molecule has 20 heavy (non-hydrogen) atoms. The number of amides is 1. The molecule has 0 aliphatic carbocycles. The topological polar surface area (TPSA) is 47.6 Å². The van der Waals surface area contributed by atoms with E-state index in [0.717, 1.165) is 12.1 Å². The van der Waals surface area contributed by atoms with Crippen molar-refractivity contribution in [3.05, 3.63) is 35.4 Å². The van der Waals surface area contributed by atoms with Crippen molar-refractivity contribution in [2.24, 2.45) is 0 Å². The van der Waals surface area contributed by atoms with Crippen molar-refractivity contribution in [2.75, 3.05) is 19.8 Å². The van der Waals surface area contributed by atoms with Crippen molar-refractivity contribution < 1.29 is 23.0 Å². The van der Waals surface area contributed by atoms with Gasteiger partial charge in [-0.25, -0.2) is 8.78 Å². The smallest absolute Gasteiger partial charge is 0.224 e. The van der Waals surface area contributed by atoms with Gasteiger partial charge in [0.15, 0.2) is 17.9 Å². The van der Waals surface area contributed by atoms with Crippen molar-refractivity contribution in [2.45, 2.75) is 26.6 Å². The molecule has 1 rings (SSSR count). The highest BCUT2D eigenvalue weighted by Gasteiger charge is 2.11. The summed E-state index contributed by atoms with van der Waals surface area (Å²) in [5.41, 5.74) is 0.408. The van der Waals surface area contributed by atoms with E-state index in [1.165, 1.54) is 6.07 Å². The molecule has 6 heteroatoms. The normalized spacial score (nSPS) is 10.8. The van der Waals surface area contributed by atoms with E-state index in [9.17, 15) is 13.6 Å². The predicted molar refractivity (Wildman–Crippen MR) is 70.1 cm³/mol. The SMILES string of the molecule is CCOC(CNC(=O)Cc1ccc(F)c(F)c1)OCC. The van der Waals surface area contributed by atoms with Gasteiger partial charge in [0, 0.05) is 13.2 Å². The van der Waals surface area contributed by atoms with Gasteiger partial charge in [0.2, 0.25) is 5.91 Å². The number of rotatable bonds is 8. The first-order valence-electron chi connectivity index (χ1n) is 6.50. The third-order valence-electron chi connectivity index (χ3n) is 2.52. The zero-order valence-corrected chi connectivity index (χ0v) is 11.6. The van der Waals surface area contributed by atoms with Crippen molar-refractivity contribution in [1.82, 2.24) is 5.32 Å². The molecule has 1 amide bonds. The molecule has 1 N–H and O–H groups in total. The molecule has 0 heterocycles. The number of halogens is 2. The van der Waals surface area contributed by atoms with E-state index in [2.05, 4.69) is 5.32 Å². The Balaban J connectivity index is 2.44. The lowest BCUT2D eigenvalue weighted by Crippen LogP contribution is -2.36. The molecular weight excluding hydrogens is 268 g/mol. The van der Waals surface area contributed by atoms with Crippen LogP contribution in [0.5, 0.6) is 0 Å². The second-order valence-corrected chi connectivity index (χ2v) is 4.07. The first-order valence-corrected chi connectivity index (χ1v) is 6.50. The van der Waals surface area contributed by atoms with E-state index < -0.39 is 17.9 Å². The highest BCUT2D eigenvalue weighted by Crippen LogP contribution is 2.09. The lowest BCUT2D eigenvalue weighted by molar-refractivity contribution is -0.140. The van der Waals surface area contributed by atoms with Crippen LogP contribution in [0.15, 0.2) is 18.2 Å². The van der Waals surface area contributed by atoms with Gasteiger partial charge in [-0.15, -0.1) is 0 Å². The number of hydrogen-bond acceptors (Lipinski definition) is 3. The summed E-state index contributed by atoms with van der Waals surface area (Å²) in [6.07, 6.45) is -0.527. The van der Waals surface area contributed by atoms with Gasteiger partial charge in [-0.05, 0) is 31.5 Å². The second kappa shape index (κ2) is 8.60. The van der Waals surface area contributed by atoms with Crippen LogP contribution in [-0.2, 0) is 20.7 Å². The Kier molecular flexibility index (Phi) is 7.11. The summed E-state index contributed by atoms with van der Waals surface area (Å²) in [6.45, 7) is 4.82. The maximum absolute atomic E-state index is 13.0. The fourth-order valence-corrected chi connectivity index (χ4v) is 1.63. The van der Waals surface area contributed by atoms with Crippen LogP contribution in [-0.4, -0.2) is 32.0 Å². The minimum atomic E-state index is -0.961. The highest BCUT2D eigenvalue weighted by molar-refractivity contribution is 5.78. The molecule has 4 nitrogen and oxygen atoms in total. The molecule has 112 valence electrons. The molecule has 0 fully saturated rings. The maximum atomic E-state index is 13.0. The number of nitrogens with one attached hydrogen (secondary N) is 1. The van der Waals surface area contributed by atoms with Gasteiger partial charge in [-0.1, -0.05) is 6.07 Å². The number of ether oxygens (including phenoxy) is 2. The monoisotopic (exact) mass is 287 g/mol. The van der Waals surface area contributed by atoms with Crippen LogP contribution in [0.2, 0.25) is 0 Å². The van der Waals surface area contributed by atoms with E-state index in [-0.39, 0.29) is 18.9 Å². The van der Waals surface area contributed by atoms with Crippen molar-refractivity contribution in [1.29, 1.82) is 0 Å². The summed E-state index contributed by atoms with van der Waals surface area (Å²) < 4.78 is 36.3. The summed E-state index contributed by atoms with van der Waals surface area (Å²) in [5.74, 6) is -2.20. The molecule has 1 aromatic rings. The van der Waals surface area contributed by atoms with Gasteiger partial charge in [0.25, 0.3) is 0 Å². The molecule has 0 spiro atoms. The molecule has 0 saturated heterocycles. The van der Waals surface area contributed by atoms with Gasteiger partial charge in [-0.3, -0.25) is 4.79 Å². The Morgan fingerprint density at radius 1 is 1.20 bits per heavy atom. The minimum Gasteiger partial charge on any atom is -0.351 e. The quantitative estimate of drug-likeness (QED) is 0.744. The fourth-order valence-electron chi connectivity index (χ4n) is 1.63. The summed E-state index contributed by atoms with van der Waals surface area (Å²) >= 11 is 0. The molecule has 0 aliphatic rings. The molecule has 0 radical (unpaired) electrons. The van der Waals surface area contributed by atoms with Crippen molar-refractivity contribution in [3.8, 4) is 0 Å². The lowest BCUT2D eigenvalue weighted by atomic mass is 10.1. The Labute approximate surface area is 117 Å². The van der Waals surface area contributed by atoms with Crippen LogP contribution >= 0.6 is 0 Å². The molecule has 0 aromatic heterocycles. The molecule has 1 aromatic carbocycles. The molecular formula is C14H19F2NO3. The van der Waals surface area contributed by atoms with Gasteiger partial charge >= 0.3 is 0 Å².